The van der Waals surface area contributed by atoms with Crippen molar-refractivity contribution in [3.05, 3.63) is 211 Å². The fraction of sp³-hybridized carbons (Fsp3) is 0.131. The van der Waals surface area contributed by atoms with Gasteiger partial charge in [-0.1, -0.05) is 153 Å². The number of para-hydroxylation sites is 2. The van der Waals surface area contributed by atoms with Crippen LogP contribution in [-0.2, 0) is 0 Å². The van der Waals surface area contributed by atoms with Crippen LogP contribution in [0.3, 0.4) is 0 Å². The molecule has 14 rings (SSSR count). The molecular formula is C61H44N2O. The predicted molar refractivity (Wildman–Crippen MR) is 268 cm³/mol. The van der Waals surface area contributed by atoms with E-state index in [0.717, 1.165) is 29.7 Å². The molecular weight excluding hydrogens is 777 g/mol. The molecule has 2 aromatic heterocycles. The summed E-state index contributed by atoms with van der Waals surface area (Å²) in [7, 11) is 0. The van der Waals surface area contributed by atoms with E-state index in [1.807, 2.05) is 0 Å². The predicted octanol–water partition coefficient (Wildman–Crippen LogP) is 16.3. The lowest BCUT2D eigenvalue weighted by atomic mass is 9.78. The maximum Gasteiger partial charge on any atom is 0.137 e. The van der Waals surface area contributed by atoms with Crippen molar-refractivity contribution in [1.82, 2.24) is 4.57 Å². The first kappa shape index (κ1) is 36.0. The van der Waals surface area contributed by atoms with Crippen molar-refractivity contribution in [1.29, 1.82) is 0 Å². The maximum absolute atomic E-state index is 6.90. The average molecular weight is 821 g/mol. The molecule has 1 aliphatic heterocycles. The van der Waals surface area contributed by atoms with Crippen LogP contribution < -0.4 is 0 Å². The Kier molecular flexibility index (Phi) is 7.74. The van der Waals surface area contributed by atoms with Gasteiger partial charge in [-0.3, -0.25) is 4.99 Å². The SMILES string of the molecule is C[C@@H]1CC(c2cc(-n3c4ccccc4c4cc5ccccc5cc43)cc3oc4ccccc4c23)C2C[C@H]2C(c2ccc3c(ccc4ccccc43)c2)/N=C\1c1ccc2ccccc2c1. The van der Waals surface area contributed by atoms with Crippen LogP contribution in [0, 0.1) is 17.8 Å². The molecule has 0 bridgehead atoms. The quantitative estimate of drug-likeness (QED) is 0.163. The lowest BCUT2D eigenvalue weighted by molar-refractivity contribution is 0.442. The second kappa shape index (κ2) is 13.8. The highest BCUT2D eigenvalue weighted by Crippen LogP contribution is 2.60. The van der Waals surface area contributed by atoms with Gasteiger partial charge in [-0.05, 0) is 139 Å². The van der Waals surface area contributed by atoms with E-state index in [-0.39, 0.29) is 17.9 Å². The molecule has 64 heavy (non-hydrogen) atoms. The van der Waals surface area contributed by atoms with Crippen LogP contribution in [0.2, 0.25) is 0 Å². The Morgan fingerprint density at radius 1 is 0.469 bits per heavy atom. The van der Waals surface area contributed by atoms with Crippen molar-refractivity contribution in [3.8, 4) is 5.69 Å². The first-order valence-electron chi connectivity index (χ1n) is 23.0. The molecule has 0 amide bonds. The molecule has 0 radical (unpaired) electrons. The topological polar surface area (TPSA) is 30.4 Å². The van der Waals surface area contributed by atoms with Crippen molar-refractivity contribution >= 4 is 92.5 Å². The van der Waals surface area contributed by atoms with E-state index in [1.165, 1.54) is 98.1 Å². The van der Waals surface area contributed by atoms with Crippen LogP contribution in [0.1, 0.15) is 48.4 Å². The fourth-order valence-electron chi connectivity index (χ4n) is 11.9. The number of furan rings is 1. The summed E-state index contributed by atoms with van der Waals surface area (Å²) >= 11 is 0. The number of nitrogens with zero attached hydrogens (tertiary/aromatic N) is 2. The van der Waals surface area contributed by atoms with Crippen LogP contribution >= 0.6 is 0 Å². The first-order valence-corrected chi connectivity index (χ1v) is 23.0. The van der Waals surface area contributed by atoms with Gasteiger partial charge in [-0.2, -0.15) is 0 Å². The molecule has 0 N–H and O–H groups in total. The molecule has 12 aromatic rings. The number of benzene rings is 10. The lowest BCUT2D eigenvalue weighted by Gasteiger charge is -2.29. The number of rotatable bonds is 4. The maximum atomic E-state index is 6.90. The third-order valence-electron chi connectivity index (χ3n) is 15.0. The summed E-state index contributed by atoms with van der Waals surface area (Å²) in [5, 5.41) is 15.2. The summed E-state index contributed by atoms with van der Waals surface area (Å²) < 4.78 is 9.40. The van der Waals surface area contributed by atoms with Crippen LogP contribution in [-0.4, -0.2) is 10.3 Å². The molecule has 3 heterocycles. The number of hydrogen-bond donors (Lipinski definition) is 0. The minimum absolute atomic E-state index is 0.0398. The van der Waals surface area contributed by atoms with E-state index in [4.69, 9.17) is 9.41 Å². The zero-order chi connectivity index (χ0) is 42.0. The minimum Gasteiger partial charge on any atom is -0.456 e. The summed E-state index contributed by atoms with van der Waals surface area (Å²) in [6.07, 6.45) is 2.13. The Labute approximate surface area is 370 Å². The van der Waals surface area contributed by atoms with Crippen LogP contribution in [0.15, 0.2) is 204 Å². The third-order valence-corrected chi connectivity index (χ3v) is 15.0. The van der Waals surface area contributed by atoms with Crippen molar-refractivity contribution < 1.29 is 4.42 Å². The van der Waals surface area contributed by atoms with Crippen molar-refractivity contribution in [2.24, 2.45) is 22.7 Å². The van der Waals surface area contributed by atoms with Crippen LogP contribution in [0.25, 0.3) is 92.5 Å². The number of aliphatic imine (C=N–C) groups is 1. The van der Waals surface area contributed by atoms with E-state index in [0.29, 0.717) is 11.8 Å². The fourth-order valence-corrected chi connectivity index (χ4v) is 11.9. The van der Waals surface area contributed by atoms with E-state index < -0.39 is 0 Å². The van der Waals surface area contributed by atoms with Crippen molar-refractivity contribution in [2.75, 3.05) is 0 Å². The Bertz CT molecular complexity index is 3920. The summed E-state index contributed by atoms with van der Waals surface area (Å²) in [6, 6.07) is 72.1. The molecule has 3 unspecified atom stereocenters. The van der Waals surface area contributed by atoms with Gasteiger partial charge in [0.15, 0.2) is 0 Å². The minimum atomic E-state index is 0.0398. The van der Waals surface area contributed by atoms with Gasteiger partial charge in [0, 0.05) is 33.3 Å². The first-order chi connectivity index (χ1) is 31.6. The van der Waals surface area contributed by atoms with E-state index >= 15 is 0 Å². The van der Waals surface area contributed by atoms with Gasteiger partial charge >= 0.3 is 0 Å². The molecule has 10 aromatic carbocycles. The third kappa shape index (κ3) is 5.50. The van der Waals surface area contributed by atoms with Gasteiger partial charge < -0.3 is 8.98 Å². The smallest absolute Gasteiger partial charge is 0.137 e. The molecule has 1 aliphatic carbocycles. The largest absolute Gasteiger partial charge is 0.456 e. The van der Waals surface area contributed by atoms with E-state index in [2.05, 4.69) is 206 Å². The van der Waals surface area contributed by atoms with Gasteiger partial charge in [-0.25, -0.2) is 0 Å². The van der Waals surface area contributed by atoms with Gasteiger partial charge in [0.05, 0.1) is 22.8 Å². The molecule has 2 aliphatic rings. The average Bonchev–Trinajstić information content (AvgIpc) is 3.92. The molecule has 3 nitrogen and oxygen atoms in total. The Balaban J connectivity index is 0.988. The number of hydrogen-bond acceptors (Lipinski definition) is 2. The molecule has 3 heteroatoms. The van der Waals surface area contributed by atoms with Gasteiger partial charge in [0.25, 0.3) is 0 Å². The molecule has 304 valence electrons. The summed E-state index contributed by atoms with van der Waals surface area (Å²) in [5.41, 5.74) is 10.6. The molecule has 5 atom stereocenters. The van der Waals surface area contributed by atoms with Crippen molar-refractivity contribution in [2.45, 2.75) is 31.7 Å². The second-order valence-corrected chi connectivity index (χ2v) is 18.7. The molecule has 1 saturated carbocycles. The highest BCUT2D eigenvalue weighted by Gasteiger charge is 2.51. The van der Waals surface area contributed by atoms with Gasteiger partial charge in [-0.15, -0.1) is 0 Å². The summed E-state index contributed by atoms with van der Waals surface area (Å²) in [4.78, 5) is 5.93. The van der Waals surface area contributed by atoms with E-state index in [9.17, 15) is 0 Å². The number of aromatic nitrogens is 1. The van der Waals surface area contributed by atoms with E-state index in [1.54, 1.807) is 0 Å². The zero-order valence-electron chi connectivity index (χ0n) is 35.6. The zero-order valence-corrected chi connectivity index (χ0v) is 35.6. The highest BCUT2D eigenvalue weighted by atomic mass is 16.3. The Hall–Kier alpha value is -7.49. The van der Waals surface area contributed by atoms with Crippen molar-refractivity contribution in [3.63, 3.8) is 0 Å². The van der Waals surface area contributed by atoms with Crippen LogP contribution in [0.5, 0.6) is 0 Å². The number of fused-ring (bicyclic) bond motifs is 12. The monoisotopic (exact) mass is 820 g/mol. The van der Waals surface area contributed by atoms with Gasteiger partial charge in [0.2, 0.25) is 0 Å². The summed E-state index contributed by atoms with van der Waals surface area (Å²) in [5.74, 6) is 1.37. The lowest BCUT2D eigenvalue weighted by Crippen LogP contribution is -2.22. The Morgan fingerprint density at radius 3 is 2.00 bits per heavy atom. The molecule has 0 spiro atoms. The standard InChI is InChI=1S/C61H44N2O/c1-36-28-50(51-35-54(51)61(62-60(36)43-25-22-37-12-2-3-14-39(37)29-43)44-26-27-47-42(30-44)24-23-38-13-6-7-17-46(38)47)53-33-45(34-58-59(53)49-19-9-11-21-57(49)64-58)63-55-20-10-8-18-48(55)52-31-40-15-4-5-16-41(40)32-56(52)63/h2-27,29-34,36,50-51,54,61H,28,35H2,1H3/b62-60+/t36-,50?,51?,54-,61?/m1/s1. The van der Waals surface area contributed by atoms with Gasteiger partial charge in [0.1, 0.15) is 11.2 Å². The van der Waals surface area contributed by atoms with Crippen LogP contribution in [0.4, 0.5) is 0 Å². The molecule has 1 fully saturated rings. The normalized spacial score (nSPS) is 20.9. The highest BCUT2D eigenvalue weighted by molar-refractivity contribution is 6.15. The Morgan fingerprint density at radius 2 is 1.14 bits per heavy atom. The second-order valence-electron chi connectivity index (χ2n) is 18.7. The molecule has 0 saturated heterocycles. The summed E-state index contributed by atoms with van der Waals surface area (Å²) in [6.45, 7) is 2.43.